The van der Waals surface area contributed by atoms with Crippen molar-refractivity contribution in [2.45, 2.75) is 20.3 Å². The number of hydrogen-bond donors (Lipinski definition) is 2. The van der Waals surface area contributed by atoms with Crippen LogP contribution in [0.2, 0.25) is 0 Å². The van der Waals surface area contributed by atoms with Crippen LogP contribution in [0, 0.1) is 12.7 Å². The first kappa shape index (κ1) is 14.4. The predicted molar refractivity (Wildman–Crippen MR) is 77.8 cm³/mol. The van der Waals surface area contributed by atoms with E-state index in [-0.39, 0.29) is 10.7 Å². The lowest BCUT2D eigenvalue weighted by Crippen LogP contribution is -2.12. The van der Waals surface area contributed by atoms with Crippen molar-refractivity contribution in [3.63, 3.8) is 0 Å². The van der Waals surface area contributed by atoms with Gasteiger partial charge in [0, 0.05) is 6.54 Å². The average Bonchev–Trinajstić information content (AvgIpc) is 2.89. The number of rotatable bonds is 5. The molecular formula is C13H15FN4OS. The lowest BCUT2D eigenvalue weighted by atomic mass is 10.2. The Morgan fingerprint density at radius 3 is 2.95 bits per heavy atom. The van der Waals surface area contributed by atoms with E-state index in [1.807, 2.05) is 13.8 Å². The first-order chi connectivity index (χ1) is 9.60. The van der Waals surface area contributed by atoms with E-state index >= 15 is 0 Å². The second-order valence-electron chi connectivity index (χ2n) is 4.28. The molecule has 2 aromatic rings. The van der Waals surface area contributed by atoms with Crippen LogP contribution in [0.15, 0.2) is 18.2 Å². The van der Waals surface area contributed by atoms with Crippen LogP contribution in [-0.4, -0.2) is 22.6 Å². The highest BCUT2D eigenvalue weighted by Gasteiger charge is 2.14. The van der Waals surface area contributed by atoms with Gasteiger partial charge in [0.2, 0.25) is 10.1 Å². The van der Waals surface area contributed by atoms with Crippen LogP contribution in [0.25, 0.3) is 0 Å². The highest BCUT2D eigenvalue weighted by molar-refractivity contribution is 7.17. The minimum atomic E-state index is -0.474. The third kappa shape index (κ3) is 3.51. The third-order valence-corrected chi connectivity index (χ3v) is 3.40. The summed E-state index contributed by atoms with van der Waals surface area (Å²) in [4.78, 5) is 12.0. The summed E-state index contributed by atoms with van der Waals surface area (Å²) in [7, 11) is 0. The molecule has 0 unspecified atom stereocenters. The lowest BCUT2D eigenvalue weighted by molar-refractivity contribution is 0.102. The van der Waals surface area contributed by atoms with Crippen LogP contribution in [0.5, 0.6) is 0 Å². The number of nitrogens with zero attached hydrogens (tertiary/aromatic N) is 2. The van der Waals surface area contributed by atoms with Gasteiger partial charge in [0.15, 0.2) is 0 Å². The number of anilines is 2. The van der Waals surface area contributed by atoms with E-state index in [1.165, 1.54) is 6.07 Å². The Hall–Kier alpha value is -2.02. The van der Waals surface area contributed by atoms with Gasteiger partial charge in [-0.1, -0.05) is 24.3 Å². The van der Waals surface area contributed by atoms with Crippen LogP contribution >= 0.6 is 11.3 Å². The molecular weight excluding hydrogens is 279 g/mol. The lowest BCUT2D eigenvalue weighted by Gasteiger charge is -2.05. The number of carbonyl (C=O) groups excluding carboxylic acids is 1. The number of aryl methyl sites for hydroxylation is 1. The van der Waals surface area contributed by atoms with Gasteiger partial charge in [0.25, 0.3) is 5.91 Å². The topological polar surface area (TPSA) is 66.9 Å². The van der Waals surface area contributed by atoms with Crippen molar-refractivity contribution in [2.75, 3.05) is 17.2 Å². The first-order valence-electron chi connectivity index (χ1n) is 6.25. The molecule has 0 saturated heterocycles. The van der Waals surface area contributed by atoms with Crippen molar-refractivity contribution in [2.24, 2.45) is 0 Å². The minimum absolute atomic E-state index is 0.147. The number of benzene rings is 1. The van der Waals surface area contributed by atoms with Gasteiger partial charge in [-0.05, 0) is 31.0 Å². The maximum absolute atomic E-state index is 13.6. The molecule has 0 radical (unpaired) electrons. The largest absolute Gasteiger partial charge is 0.360 e. The molecule has 0 aliphatic rings. The summed E-state index contributed by atoms with van der Waals surface area (Å²) in [6.07, 6.45) is 0.954. The second-order valence-corrected chi connectivity index (χ2v) is 5.25. The first-order valence-corrected chi connectivity index (χ1v) is 7.06. The molecule has 5 nitrogen and oxygen atoms in total. The normalized spacial score (nSPS) is 10.3. The molecule has 0 atom stereocenters. The second kappa shape index (κ2) is 6.42. The molecule has 20 heavy (non-hydrogen) atoms. The van der Waals surface area contributed by atoms with Crippen LogP contribution in [0.4, 0.5) is 15.2 Å². The maximum Gasteiger partial charge on any atom is 0.286 e. The fourth-order valence-corrected chi connectivity index (χ4v) is 2.19. The number of hydrogen-bond acceptors (Lipinski definition) is 5. The van der Waals surface area contributed by atoms with Crippen molar-refractivity contribution in [3.8, 4) is 0 Å². The smallest absolute Gasteiger partial charge is 0.286 e. The molecule has 7 heteroatoms. The number of amides is 1. The molecule has 0 bridgehead atoms. The summed E-state index contributed by atoms with van der Waals surface area (Å²) < 4.78 is 13.6. The van der Waals surface area contributed by atoms with E-state index in [1.54, 1.807) is 12.1 Å². The molecule has 1 amide bonds. The Morgan fingerprint density at radius 2 is 2.20 bits per heavy atom. The molecule has 2 rings (SSSR count). The maximum atomic E-state index is 13.6. The Labute approximate surface area is 120 Å². The van der Waals surface area contributed by atoms with Gasteiger partial charge >= 0.3 is 0 Å². The molecule has 0 fully saturated rings. The Kier molecular flexibility index (Phi) is 4.62. The van der Waals surface area contributed by atoms with Crippen molar-refractivity contribution < 1.29 is 9.18 Å². The molecule has 106 valence electrons. The van der Waals surface area contributed by atoms with E-state index in [9.17, 15) is 9.18 Å². The summed E-state index contributed by atoms with van der Waals surface area (Å²) in [6, 6.07) is 4.53. The van der Waals surface area contributed by atoms with Gasteiger partial charge in [0.05, 0.1) is 5.69 Å². The zero-order valence-corrected chi connectivity index (χ0v) is 12.1. The third-order valence-electron chi connectivity index (χ3n) is 2.52. The zero-order valence-electron chi connectivity index (χ0n) is 11.2. The SMILES string of the molecule is CCCNc1nnc(C(=O)Nc2cc(C)ccc2F)s1. The monoisotopic (exact) mass is 294 g/mol. The summed E-state index contributed by atoms with van der Waals surface area (Å²) in [5.74, 6) is -0.936. The van der Waals surface area contributed by atoms with Gasteiger partial charge in [-0.2, -0.15) is 0 Å². The number of halogens is 1. The molecule has 0 aliphatic carbocycles. The van der Waals surface area contributed by atoms with Gasteiger partial charge in [0.1, 0.15) is 5.82 Å². The van der Waals surface area contributed by atoms with Crippen LogP contribution in [-0.2, 0) is 0 Å². The molecule has 0 spiro atoms. The summed E-state index contributed by atoms with van der Waals surface area (Å²) >= 11 is 1.14. The highest BCUT2D eigenvalue weighted by atomic mass is 32.1. The van der Waals surface area contributed by atoms with Crippen molar-refractivity contribution in [1.29, 1.82) is 0 Å². The molecule has 0 saturated carbocycles. The number of carbonyl (C=O) groups is 1. The Morgan fingerprint density at radius 1 is 1.40 bits per heavy atom. The summed E-state index contributed by atoms with van der Waals surface area (Å²) in [5, 5.41) is 14.0. The zero-order chi connectivity index (χ0) is 14.5. The average molecular weight is 294 g/mol. The van der Waals surface area contributed by atoms with E-state index in [0.717, 1.165) is 29.9 Å². The summed E-state index contributed by atoms with van der Waals surface area (Å²) in [6.45, 7) is 4.62. The van der Waals surface area contributed by atoms with Crippen molar-refractivity contribution in [1.82, 2.24) is 10.2 Å². The molecule has 1 heterocycles. The Bertz CT molecular complexity index is 614. The van der Waals surface area contributed by atoms with Gasteiger partial charge in [-0.15, -0.1) is 10.2 Å². The number of aromatic nitrogens is 2. The van der Waals surface area contributed by atoms with E-state index in [0.29, 0.717) is 5.13 Å². The van der Waals surface area contributed by atoms with Gasteiger partial charge in [-0.3, -0.25) is 4.79 Å². The molecule has 0 aliphatic heterocycles. The molecule has 1 aromatic carbocycles. The van der Waals surface area contributed by atoms with Crippen LogP contribution < -0.4 is 10.6 Å². The standard InChI is InChI=1S/C13H15FN4OS/c1-3-6-15-13-18-17-12(20-13)11(19)16-10-7-8(2)4-5-9(10)14/h4-5,7H,3,6H2,1-2H3,(H,15,18)(H,16,19). The quantitative estimate of drug-likeness (QED) is 0.889. The van der Waals surface area contributed by atoms with Crippen molar-refractivity contribution >= 4 is 28.1 Å². The number of nitrogens with one attached hydrogen (secondary N) is 2. The van der Waals surface area contributed by atoms with Gasteiger partial charge in [-0.25, -0.2) is 4.39 Å². The van der Waals surface area contributed by atoms with E-state index in [4.69, 9.17) is 0 Å². The van der Waals surface area contributed by atoms with Gasteiger partial charge < -0.3 is 10.6 Å². The fraction of sp³-hybridized carbons (Fsp3) is 0.308. The highest BCUT2D eigenvalue weighted by Crippen LogP contribution is 2.19. The van der Waals surface area contributed by atoms with Crippen LogP contribution in [0.3, 0.4) is 0 Å². The Balaban J connectivity index is 2.08. The van der Waals surface area contributed by atoms with E-state index in [2.05, 4.69) is 20.8 Å². The van der Waals surface area contributed by atoms with Crippen LogP contribution in [0.1, 0.15) is 28.7 Å². The molecule has 1 aromatic heterocycles. The summed E-state index contributed by atoms with van der Waals surface area (Å²) in [5.41, 5.74) is 1.01. The molecule has 2 N–H and O–H groups in total. The minimum Gasteiger partial charge on any atom is -0.360 e. The van der Waals surface area contributed by atoms with E-state index < -0.39 is 11.7 Å². The fourth-order valence-electron chi connectivity index (χ4n) is 1.53. The van der Waals surface area contributed by atoms with Crippen molar-refractivity contribution in [3.05, 3.63) is 34.6 Å². The predicted octanol–water partition coefficient (Wildman–Crippen LogP) is 3.06.